The van der Waals surface area contributed by atoms with Gasteiger partial charge in [0.15, 0.2) is 5.60 Å². The SMILES string of the molecule is O=C(O)C1(O)CC2C(O)C(O)C2C1. The molecule has 5 heteroatoms. The number of aliphatic hydroxyl groups excluding tert-OH is 2. The first-order chi connectivity index (χ1) is 5.96. The minimum Gasteiger partial charge on any atom is -0.479 e. The second kappa shape index (κ2) is 2.43. The lowest BCUT2D eigenvalue weighted by Gasteiger charge is -2.41. The fourth-order valence-electron chi connectivity index (χ4n) is 2.45. The third-order valence-corrected chi connectivity index (χ3v) is 3.32. The molecule has 0 aromatic heterocycles. The highest BCUT2D eigenvalue weighted by molar-refractivity contribution is 5.77. The van der Waals surface area contributed by atoms with Crippen molar-refractivity contribution in [3.63, 3.8) is 0 Å². The Hall–Kier alpha value is -0.650. The van der Waals surface area contributed by atoms with Crippen LogP contribution in [0.2, 0.25) is 0 Å². The molecular weight excluding hydrogens is 176 g/mol. The van der Waals surface area contributed by atoms with Crippen molar-refractivity contribution < 1.29 is 25.2 Å². The normalized spacial score (nSPS) is 54.1. The van der Waals surface area contributed by atoms with Crippen LogP contribution in [0.1, 0.15) is 12.8 Å². The van der Waals surface area contributed by atoms with Crippen molar-refractivity contribution in [2.24, 2.45) is 11.8 Å². The first kappa shape index (κ1) is 8.93. The average Bonchev–Trinajstić information content (AvgIpc) is 2.41. The van der Waals surface area contributed by atoms with Gasteiger partial charge >= 0.3 is 5.97 Å². The summed E-state index contributed by atoms with van der Waals surface area (Å²) < 4.78 is 0. The summed E-state index contributed by atoms with van der Waals surface area (Å²) in [7, 11) is 0. The molecule has 2 aliphatic rings. The van der Waals surface area contributed by atoms with Crippen LogP contribution in [-0.4, -0.2) is 44.2 Å². The fourth-order valence-corrected chi connectivity index (χ4v) is 2.45. The van der Waals surface area contributed by atoms with Crippen LogP contribution in [0.4, 0.5) is 0 Å². The lowest BCUT2D eigenvalue weighted by atomic mass is 9.71. The van der Waals surface area contributed by atoms with E-state index in [4.69, 9.17) is 5.11 Å². The summed E-state index contributed by atoms with van der Waals surface area (Å²) >= 11 is 0. The Labute approximate surface area is 74.6 Å². The number of carbonyl (C=O) groups is 1. The van der Waals surface area contributed by atoms with Gasteiger partial charge in [-0.15, -0.1) is 0 Å². The first-order valence-corrected chi connectivity index (χ1v) is 4.27. The number of fused-ring (bicyclic) bond motifs is 1. The molecule has 0 heterocycles. The molecule has 2 fully saturated rings. The molecule has 74 valence electrons. The third kappa shape index (κ3) is 1.01. The molecule has 0 aromatic carbocycles. The maximum absolute atomic E-state index is 10.6. The van der Waals surface area contributed by atoms with Crippen molar-refractivity contribution in [1.29, 1.82) is 0 Å². The van der Waals surface area contributed by atoms with Crippen molar-refractivity contribution in [3.05, 3.63) is 0 Å². The summed E-state index contributed by atoms with van der Waals surface area (Å²) in [5.41, 5.74) is -1.74. The van der Waals surface area contributed by atoms with E-state index in [0.29, 0.717) is 0 Å². The first-order valence-electron chi connectivity index (χ1n) is 4.27. The van der Waals surface area contributed by atoms with Crippen LogP contribution in [0.15, 0.2) is 0 Å². The van der Waals surface area contributed by atoms with Crippen LogP contribution in [0, 0.1) is 11.8 Å². The second-order valence-electron chi connectivity index (χ2n) is 4.05. The van der Waals surface area contributed by atoms with Crippen LogP contribution in [0.3, 0.4) is 0 Å². The van der Waals surface area contributed by atoms with Gasteiger partial charge < -0.3 is 20.4 Å². The summed E-state index contributed by atoms with van der Waals surface area (Å²) in [6, 6.07) is 0. The summed E-state index contributed by atoms with van der Waals surface area (Å²) in [4.78, 5) is 10.6. The highest BCUT2D eigenvalue weighted by Gasteiger charge is 2.61. The predicted molar refractivity (Wildman–Crippen MR) is 40.8 cm³/mol. The molecule has 0 amide bonds. The number of carboxylic acids is 1. The standard InChI is InChI=1S/C8H12O5/c9-5-3-1-8(13,7(11)12)2-4(3)6(5)10/h3-6,9-10,13H,1-2H2,(H,11,12). The molecule has 2 aliphatic carbocycles. The van der Waals surface area contributed by atoms with Crippen molar-refractivity contribution >= 4 is 5.97 Å². The predicted octanol–water partition coefficient (Wildman–Crippen LogP) is -1.44. The zero-order chi connectivity index (χ0) is 9.80. The Morgan fingerprint density at radius 2 is 1.54 bits per heavy atom. The van der Waals surface area contributed by atoms with Crippen molar-refractivity contribution in [1.82, 2.24) is 0 Å². The molecule has 5 nitrogen and oxygen atoms in total. The zero-order valence-corrected chi connectivity index (χ0v) is 6.92. The molecule has 0 spiro atoms. The maximum atomic E-state index is 10.6. The van der Waals surface area contributed by atoms with Crippen LogP contribution >= 0.6 is 0 Å². The Morgan fingerprint density at radius 1 is 1.15 bits per heavy atom. The Balaban J connectivity index is 2.14. The van der Waals surface area contributed by atoms with E-state index in [2.05, 4.69) is 0 Å². The van der Waals surface area contributed by atoms with E-state index in [9.17, 15) is 20.1 Å². The molecule has 0 aliphatic heterocycles. The van der Waals surface area contributed by atoms with E-state index in [0.717, 1.165) is 0 Å². The summed E-state index contributed by atoms with van der Waals surface area (Å²) in [6.07, 6.45) is -1.63. The van der Waals surface area contributed by atoms with Gasteiger partial charge in [-0.1, -0.05) is 0 Å². The summed E-state index contributed by atoms with van der Waals surface area (Å²) in [5, 5.41) is 36.8. The van der Waals surface area contributed by atoms with E-state index < -0.39 is 23.8 Å². The smallest absolute Gasteiger partial charge is 0.335 e. The number of aliphatic hydroxyl groups is 3. The van der Waals surface area contributed by atoms with Gasteiger partial charge in [-0.05, 0) is 24.7 Å². The van der Waals surface area contributed by atoms with Crippen LogP contribution in [-0.2, 0) is 4.79 Å². The van der Waals surface area contributed by atoms with Gasteiger partial charge in [-0.25, -0.2) is 4.79 Å². The number of hydrogen-bond acceptors (Lipinski definition) is 4. The van der Waals surface area contributed by atoms with E-state index in [1.54, 1.807) is 0 Å². The lowest BCUT2D eigenvalue weighted by molar-refractivity contribution is -0.158. The van der Waals surface area contributed by atoms with Gasteiger partial charge in [0.05, 0.1) is 12.2 Å². The molecule has 0 saturated heterocycles. The third-order valence-electron chi connectivity index (χ3n) is 3.32. The monoisotopic (exact) mass is 188 g/mol. The molecule has 0 aromatic rings. The molecule has 4 atom stereocenters. The van der Waals surface area contributed by atoms with Gasteiger partial charge in [0.25, 0.3) is 0 Å². The van der Waals surface area contributed by atoms with Crippen LogP contribution in [0.25, 0.3) is 0 Å². The van der Waals surface area contributed by atoms with Crippen molar-refractivity contribution in [2.75, 3.05) is 0 Å². The molecule has 2 saturated carbocycles. The number of hydrogen-bond donors (Lipinski definition) is 4. The minimum atomic E-state index is -1.74. The fraction of sp³-hybridized carbons (Fsp3) is 0.875. The number of aliphatic carboxylic acids is 1. The summed E-state index contributed by atoms with van der Waals surface area (Å²) in [6.45, 7) is 0. The average molecular weight is 188 g/mol. The molecule has 4 N–H and O–H groups in total. The molecule has 2 rings (SSSR count). The minimum absolute atomic E-state index is 0.0469. The largest absolute Gasteiger partial charge is 0.479 e. The van der Waals surface area contributed by atoms with Gasteiger partial charge in [0, 0.05) is 0 Å². The quantitative estimate of drug-likeness (QED) is 0.404. The second-order valence-corrected chi connectivity index (χ2v) is 4.05. The molecule has 4 unspecified atom stereocenters. The van der Waals surface area contributed by atoms with Gasteiger partial charge in [-0.3, -0.25) is 0 Å². The zero-order valence-electron chi connectivity index (χ0n) is 6.92. The highest BCUT2D eigenvalue weighted by Crippen LogP contribution is 2.51. The van der Waals surface area contributed by atoms with E-state index in [1.807, 2.05) is 0 Å². The summed E-state index contributed by atoms with van der Waals surface area (Å²) in [5.74, 6) is -1.77. The van der Waals surface area contributed by atoms with Crippen molar-refractivity contribution in [3.8, 4) is 0 Å². The van der Waals surface area contributed by atoms with E-state index in [1.165, 1.54) is 0 Å². The number of rotatable bonds is 1. The maximum Gasteiger partial charge on any atom is 0.335 e. The molecule has 13 heavy (non-hydrogen) atoms. The molecular formula is C8H12O5. The number of carboxylic acid groups (broad SMARTS) is 1. The Morgan fingerprint density at radius 3 is 1.85 bits per heavy atom. The van der Waals surface area contributed by atoms with Crippen molar-refractivity contribution in [2.45, 2.75) is 30.7 Å². The topological polar surface area (TPSA) is 98.0 Å². The Kier molecular flexibility index (Phi) is 1.67. The van der Waals surface area contributed by atoms with E-state index >= 15 is 0 Å². The molecule has 0 bridgehead atoms. The Bertz CT molecular complexity index is 235. The van der Waals surface area contributed by atoms with Gasteiger partial charge in [0.1, 0.15) is 0 Å². The van der Waals surface area contributed by atoms with Gasteiger partial charge in [0.2, 0.25) is 0 Å². The van der Waals surface area contributed by atoms with Crippen LogP contribution in [0.5, 0.6) is 0 Å². The molecule has 0 radical (unpaired) electrons. The van der Waals surface area contributed by atoms with E-state index in [-0.39, 0.29) is 24.7 Å². The van der Waals surface area contributed by atoms with Crippen LogP contribution < -0.4 is 0 Å². The van der Waals surface area contributed by atoms with Gasteiger partial charge in [-0.2, -0.15) is 0 Å². The lowest BCUT2D eigenvalue weighted by Crippen LogP contribution is -2.52. The highest BCUT2D eigenvalue weighted by atomic mass is 16.4.